The van der Waals surface area contributed by atoms with E-state index in [-0.39, 0.29) is 17.7 Å². The highest BCUT2D eigenvalue weighted by Gasteiger charge is 2.39. The molecule has 2 aromatic rings. The lowest BCUT2D eigenvalue weighted by atomic mass is 10.1. The Hall–Kier alpha value is -3.95. The number of nitrogens with one attached hydrogen (secondary N) is 2. The summed E-state index contributed by atoms with van der Waals surface area (Å²) in [6.07, 6.45) is 3.08. The third-order valence-electron chi connectivity index (χ3n) is 6.62. The van der Waals surface area contributed by atoms with Crippen molar-refractivity contribution in [3.63, 3.8) is 0 Å². The van der Waals surface area contributed by atoms with Crippen molar-refractivity contribution in [2.75, 3.05) is 39.8 Å². The SMILES string of the molecule is COc1cc2c(cc1OCCCCC(=O)NCc1cccc(OC)c1OC)NC(=O)[C@@H]1CCCN1C2=O. The Labute approximate surface area is 216 Å². The van der Waals surface area contributed by atoms with Gasteiger partial charge in [-0.3, -0.25) is 14.4 Å². The standard InChI is InChI=1S/C27H33N3O7/c1-34-21-10-6-8-17(25(21)36-3)16-28-24(31)11-4-5-13-37-23-15-19-18(14-22(23)35-2)27(33)30-12-7-9-20(30)26(32)29-19/h6,8,10,14-15,20H,4-5,7,9,11-13,16H2,1-3H3,(H,28,31)(H,29,32)/t20-/m0/s1. The molecule has 2 aliphatic rings. The minimum atomic E-state index is -0.439. The number of ether oxygens (including phenoxy) is 4. The van der Waals surface area contributed by atoms with E-state index in [1.807, 2.05) is 12.1 Å². The molecule has 10 heteroatoms. The molecule has 198 valence electrons. The van der Waals surface area contributed by atoms with E-state index in [0.717, 1.165) is 12.0 Å². The Morgan fingerprint density at radius 2 is 1.86 bits per heavy atom. The summed E-state index contributed by atoms with van der Waals surface area (Å²) < 4.78 is 22.0. The summed E-state index contributed by atoms with van der Waals surface area (Å²) in [5.74, 6) is 1.64. The van der Waals surface area contributed by atoms with Crippen molar-refractivity contribution >= 4 is 23.4 Å². The van der Waals surface area contributed by atoms with Gasteiger partial charge in [0, 0.05) is 31.1 Å². The Kier molecular flexibility index (Phi) is 8.37. The number of carbonyl (C=O) groups excluding carboxylic acids is 3. The monoisotopic (exact) mass is 511 g/mol. The van der Waals surface area contributed by atoms with Gasteiger partial charge in [-0.25, -0.2) is 0 Å². The number of amides is 3. The van der Waals surface area contributed by atoms with Crippen LogP contribution in [0.5, 0.6) is 23.0 Å². The van der Waals surface area contributed by atoms with Crippen molar-refractivity contribution in [2.45, 2.75) is 44.7 Å². The number of anilines is 1. The van der Waals surface area contributed by atoms with Crippen molar-refractivity contribution in [3.8, 4) is 23.0 Å². The molecule has 2 N–H and O–H groups in total. The van der Waals surface area contributed by atoms with Gasteiger partial charge in [0.2, 0.25) is 11.8 Å². The highest BCUT2D eigenvalue weighted by molar-refractivity contribution is 6.10. The molecular formula is C27H33N3O7. The molecule has 1 fully saturated rings. The van der Waals surface area contributed by atoms with Crippen LogP contribution in [0.3, 0.4) is 0 Å². The Balaban J connectivity index is 1.28. The number of hydrogen-bond acceptors (Lipinski definition) is 7. The highest BCUT2D eigenvalue weighted by Crippen LogP contribution is 2.37. The van der Waals surface area contributed by atoms with Crippen LogP contribution in [0.1, 0.15) is 48.0 Å². The number of para-hydroxylation sites is 1. The molecule has 2 aromatic carbocycles. The molecule has 10 nitrogen and oxygen atoms in total. The fourth-order valence-electron chi connectivity index (χ4n) is 4.71. The van der Waals surface area contributed by atoms with E-state index in [1.165, 1.54) is 7.11 Å². The molecule has 1 atom stereocenters. The number of methoxy groups -OCH3 is 3. The fraction of sp³-hybridized carbons (Fsp3) is 0.444. The van der Waals surface area contributed by atoms with Crippen LogP contribution < -0.4 is 29.6 Å². The van der Waals surface area contributed by atoms with Crippen LogP contribution in [0.15, 0.2) is 30.3 Å². The second kappa shape index (κ2) is 11.9. The Bertz CT molecular complexity index is 1170. The number of hydrogen-bond donors (Lipinski definition) is 2. The molecule has 0 radical (unpaired) electrons. The number of unbranched alkanes of at least 4 members (excludes halogenated alkanes) is 1. The largest absolute Gasteiger partial charge is 0.493 e. The van der Waals surface area contributed by atoms with Gasteiger partial charge >= 0.3 is 0 Å². The molecule has 3 amide bonds. The molecular weight excluding hydrogens is 478 g/mol. The summed E-state index contributed by atoms with van der Waals surface area (Å²) in [5.41, 5.74) is 1.65. The van der Waals surface area contributed by atoms with Gasteiger partial charge in [0.25, 0.3) is 5.91 Å². The van der Waals surface area contributed by atoms with E-state index in [0.29, 0.717) is 79.6 Å². The third kappa shape index (κ3) is 5.73. The molecule has 2 heterocycles. The molecule has 2 aliphatic heterocycles. The van der Waals surface area contributed by atoms with E-state index >= 15 is 0 Å². The van der Waals surface area contributed by atoms with E-state index in [2.05, 4.69) is 10.6 Å². The van der Waals surface area contributed by atoms with Crippen molar-refractivity contribution in [1.82, 2.24) is 10.2 Å². The van der Waals surface area contributed by atoms with Crippen molar-refractivity contribution in [1.29, 1.82) is 0 Å². The molecule has 0 saturated carbocycles. The predicted octanol–water partition coefficient (Wildman–Crippen LogP) is 3.13. The first kappa shape index (κ1) is 26.1. The highest BCUT2D eigenvalue weighted by atomic mass is 16.5. The lowest BCUT2D eigenvalue weighted by Crippen LogP contribution is -2.40. The lowest BCUT2D eigenvalue weighted by Gasteiger charge is -2.20. The van der Waals surface area contributed by atoms with Crippen LogP contribution in [-0.2, 0) is 16.1 Å². The van der Waals surface area contributed by atoms with E-state index in [1.54, 1.807) is 37.3 Å². The first-order valence-corrected chi connectivity index (χ1v) is 12.4. The summed E-state index contributed by atoms with van der Waals surface area (Å²) in [6, 6.07) is 8.35. The summed E-state index contributed by atoms with van der Waals surface area (Å²) >= 11 is 0. The van der Waals surface area contributed by atoms with Gasteiger partial charge in [-0.05, 0) is 37.8 Å². The summed E-state index contributed by atoms with van der Waals surface area (Å²) in [4.78, 5) is 39.6. The maximum absolute atomic E-state index is 13.0. The zero-order chi connectivity index (χ0) is 26.4. The number of fused-ring (bicyclic) bond motifs is 2. The molecule has 0 spiro atoms. The summed E-state index contributed by atoms with van der Waals surface area (Å²) in [6.45, 7) is 1.26. The van der Waals surface area contributed by atoms with E-state index in [9.17, 15) is 14.4 Å². The molecule has 4 rings (SSSR count). The minimum absolute atomic E-state index is 0.0748. The van der Waals surface area contributed by atoms with Crippen LogP contribution >= 0.6 is 0 Å². The second-order valence-corrected chi connectivity index (χ2v) is 8.93. The average Bonchev–Trinajstić information content (AvgIpc) is 3.38. The lowest BCUT2D eigenvalue weighted by molar-refractivity contribution is -0.121. The van der Waals surface area contributed by atoms with E-state index < -0.39 is 6.04 Å². The van der Waals surface area contributed by atoms with Gasteiger partial charge in [0.1, 0.15) is 6.04 Å². The van der Waals surface area contributed by atoms with Crippen LogP contribution in [0.25, 0.3) is 0 Å². The number of carbonyl (C=O) groups is 3. The number of rotatable bonds is 11. The quantitative estimate of drug-likeness (QED) is 0.446. The maximum Gasteiger partial charge on any atom is 0.256 e. The summed E-state index contributed by atoms with van der Waals surface area (Å²) in [5, 5.41) is 5.77. The molecule has 0 aliphatic carbocycles. The maximum atomic E-state index is 13.0. The zero-order valence-corrected chi connectivity index (χ0v) is 21.4. The topological polar surface area (TPSA) is 115 Å². The number of nitrogens with zero attached hydrogens (tertiary/aromatic N) is 1. The third-order valence-corrected chi connectivity index (χ3v) is 6.62. The van der Waals surface area contributed by atoms with Crippen LogP contribution in [0.2, 0.25) is 0 Å². The van der Waals surface area contributed by atoms with Gasteiger partial charge in [0.05, 0.1) is 39.2 Å². The van der Waals surface area contributed by atoms with Crippen molar-refractivity contribution in [2.24, 2.45) is 0 Å². The Morgan fingerprint density at radius 1 is 1.05 bits per heavy atom. The smallest absolute Gasteiger partial charge is 0.256 e. The Morgan fingerprint density at radius 3 is 2.62 bits per heavy atom. The predicted molar refractivity (Wildman–Crippen MR) is 136 cm³/mol. The van der Waals surface area contributed by atoms with Crippen molar-refractivity contribution in [3.05, 3.63) is 41.5 Å². The number of benzene rings is 2. The van der Waals surface area contributed by atoms with Crippen molar-refractivity contribution < 1.29 is 33.3 Å². The van der Waals surface area contributed by atoms with Gasteiger partial charge in [0.15, 0.2) is 23.0 Å². The second-order valence-electron chi connectivity index (χ2n) is 8.93. The van der Waals surface area contributed by atoms with Crippen LogP contribution in [-0.4, -0.2) is 63.1 Å². The molecule has 0 unspecified atom stereocenters. The zero-order valence-electron chi connectivity index (χ0n) is 21.4. The van der Waals surface area contributed by atoms with Gasteiger partial charge < -0.3 is 34.5 Å². The molecule has 37 heavy (non-hydrogen) atoms. The van der Waals surface area contributed by atoms with Crippen LogP contribution in [0, 0.1) is 0 Å². The molecule has 1 saturated heterocycles. The molecule has 0 aromatic heterocycles. The van der Waals surface area contributed by atoms with Gasteiger partial charge in [-0.2, -0.15) is 0 Å². The summed E-state index contributed by atoms with van der Waals surface area (Å²) in [7, 11) is 4.65. The average molecular weight is 512 g/mol. The first-order valence-electron chi connectivity index (χ1n) is 12.4. The fourth-order valence-corrected chi connectivity index (χ4v) is 4.71. The van der Waals surface area contributed by atoms with E-state index in [4.69, 9.17) is 18.9 Å². The van der Waals surface area contributed by atoms with Gasteiger partial charge in [-0.15, -0.1) is 0 Å². The minimum Gasteiger partial charge on any atom is -0.493 e. The normalized spacial score (nSPS) is 16.3. The molecule has 0 bridgehead atoms. The van der Waals surface area contributed by atoms with Gasteiger partial charge in [-0.1, -0.05) is 12.1 Å². The first-order chi connectivity index (χ1) is 18.0. The van der Waals surface area contributed by atoms with Crippen LogP contribution in [0.4, 0.5) is 5.69 Å².